The van der Waals surface area contributed by atoms with E-state index in [4.69, 9.17) is 16.3 Å². The average Bonchev–Trinajstić information content (AvgIpc) is 2.58. The lowest BCUT2D eigenvalue weighted by atomic mass is 10.2. The molecule has 2 rings (SSSR count). The van der Waals surface area contributed by atoms with Gasteiger partial charge in [0.1, 0.15) is 12.4 Å². The molecule has 0 bridgehead atoms. The van der Waals surface area contributed by atoms with Gasteiger partial charge in [0.05, 0.1) is 18.5 Å². The third-order valence-electron chi connectivity index (χ3n) is 3.53. The van der Waals surface area contributed by atoms with Crippen molar-refractivity contribution < 1.29 is 17.9 Å². The lowest BCUT2D eigenvalue weighted by Crippen LogP contribution is -2.37. The van der Waals surface area contributed by atoms with Crippen LogP contribution in [0.2, 0.25) is 5.02 Å². The zero-order chi connectivity index (χ0) is 19.2. The fourth-order valence-corrected chi connectivity index (χ4v) is 3.33. The highest BCUT2D eigenvalue weighted by molar-refractivity contribution is 7.92. The summed E-state index contributed by atoms with van der Waals surface area (Å²) in [6, 6.07) is 14.1. The molecule has 0 atom stereocenters. The Kier molecular flexibility index (Phi) is 6.88. The summed E-state index contributed by atoms with van der Waals surface area (Å²) in [5.74, 6) is 0.420. The maximum absolute atomic E-state index is 12.0. The third-order valence-corrected chi connectivity index (χ3v) is 4.98. The van der Waals surface area contributed by atoms with Crippen LogP contribution in [-0.4, -0.2) is 33.7 Å². The van der Waals surface area contributed by atoms with Gasteiger partial charge in [-0.15, -0.1) is 0 Å². The van der Waals surface area contributed by atoms with Crippen LogP contribution in [0.4, 0.5) is 5.69 Å². The van der Waals surface area contributed by atoms with Gasteiger partial charge in [-0.05, 0) is 42.0 Å². The third kappa shape index (κ3) is 6.24. The summed E-state index contributed by atoms with van der Waals surface area (Å²) < 4.78 is 30.9. The van der Waals surface area contributed by atoms with Crippen molar-refractivity contribution in [1.29, 1.82) is 0 Å². The molecule has 0 saturated carbocycles. The molecule has 1 amide bonds. The number of hydrogen-bond donors (Lipinski definition) is 1. The molecule has 2 aromatic carbocycles. The molecule has 0 unspecified atom stereocenters. The van der Waals surface area contributed by atoms with Gasteiger partial charge in [-0.2, -0.15) is 0 Å². The first-order chi connectivity index (χ1) is 12.3. The molecule has 26 heavy (non-hydrogen) atoms. The van der Waals surface area contributed by atoms with Gasteiger partial charge in [0, 0.05) is 18.5 Å². The van der Waals surface area contributed by atoms with Crippen molar-refractivity contribution >= 4 is 33.2 Å². The summed E-state index contributed by atoms with van der Waals surface area (Å²) in [6.07, 6.45) is 1.13. The molecule has 1 N–H and O–H groups in total. The summed E-state index contributed by atoms with van der Waals surface area (Å²) in [5.41, 5.74) is 1.49. The minimum Gasteiger partial charge on any atom is -0.489 e. The molecule has 0 aliphatic rings. The second-order valence-corrected chi connectivity index (χ2v) is 8.07. The molecule has 0 aliphatic carbocycles. The number of amides is 1. The maximum atomic E-state index is 12.0. The van der Waals surface area contributed by atoms with E-state index in [-0.39, 0.29) is 19.0 Å². The molecule has 0 fully saturated rings. The van der Waals surface area contributed by atoms with E-state index in [1.807, 2.05) is 12.1 Å². The van der Waals surface area contributed by atoms with Gasteiger partial charge in [-0.3, -0.25) is 9.10 Å². The highest BCUT2D eigenvalue weighted by Crippen LogP contribution is 2.22. The Bertz CT molecular complexity index is 836. The molecule has 140 valence electrons. The number of sulfonamides is 1. The normalized spacial score (nSPS) is 11.0. The highest BCUT2D eigenvalue weighted by atomic mass is 35.5. The van der Waals surface area contributed by atoms with E-state index in [1.165, 1.54) is 11.2 Å². The van der Waals surface area contributed by atoms with Crippen LogP contribution >= 0.6 is 11.6 Å². The van der Waals surface area contributed by atoms with Crippen molar-refractivity contribution in [3.05, 3.63) is 59.1 Å². The van der Waals surface area contributed by atoms with Crippen molar-refractivity contribution in [2.45, 2.75) is 13.5 Å². The standard InChI is InChI=1S/C18H21ClN2O4S/c1-14(22)20-11-12-21(26(2,23)24)17-7-9-18(10-8-17)25-13-15-3-5-16(19)6-4-15/h3-10H,11-13H2,1-2H3,(H,20,22). The predicted molar refractivity (Wildman–Crippen MR) is 103 cm³/mol. The van der Waals surface area contributed by atoms with Crippen molar-refractivity contribution in [3.63, 3.8) is 0 Å². The van der Waals surface area contributed by atoms with Gasteiger partial charge in [0.2, 0.25) is 15.9 Å². The zero-order valence-corrected chi connectivity index (χ0v) is 16.2. The monoisotopic (exact) mass is 396 g/mol. The van der Waals surface area contributed by atoms with Gasteiger partial charge < -0.3 is 10.1 Å². The van der Waals surface area contributed by atoms with Crippen LogP contribution in [0.1, 0.15) is 12.5 Å². The minimum absolute atomic E-state index is 0.156. The molecule has 0 aromatic heterocycles. The quantitative estimate of drug-likeness (QED) is 0.744. The van der Waals surface area contributed by atoms with Crippen molar-refractivity contribution in [1.82, 2.24) is 5.32 Å². The van der Waals surface area contributed by atoms with E-state index < -0.39 is 10.0 Å². The fraction of sp³-hybridized carbons (Fsp3) is 0.278. The van der Waals surface area contributed by atoms with E-state index in [0.29, 0.717) is 23.1 Å². The number of halogens is 1. The fourth-order valence-electron chi connectivity index (χ4n) is 2.28. The number of nitrogens with zero attached hydrogens (tertiary/aromatic N) is 1. The smallest absolute Gasteiger partial charge is 0.232 e. The first-order valence-corrected chi connectivity index (χ1v) is 10.2. The van der Waals surface area contributed by atoms with Crippen molar-refractivity contribution in [3.8, 4) is 5.75 Å². The lowest BCUT2D eigenvalue weighted by molar-refractivity contribution is -0.118. The van der Waals surface area contributed by atoms with Gasteiger partial charge in [-0.25, -0.2) is 8.42 Å². The minimum atomic E-state index is -3.46. The number of hydrogen-bond acceptors (Lipinski definition) is 4. The van der Waals surface area contributed by atoms with Crippen LogP contribution in [0.3, 0.4) is 0 Å². The predicted octanol–water partition coefficient (Wildman–Crippen LogP) is 2.82. The van der Waals surface area contributed by atoms with E-state index >= 15 is 0 Å². The Morgan fingerprint density at radius 3 is 2.27 bits per heavy atom. The molecule has 0 heterocycles. The SMILES string of the molecule is CC(=O)NCCN(c1ccc(OCc2ccc(Cl)cc2)cc1)S(C)(=O)=O. The first-order valence-electron chi connectivity index (χ1n) is 7.95. The van der Waals surface area contributed by atoms with Crippen LogP contribution < -0.4 is 14.4 Å². The first kappa shape index (κ1) is 20.1. The Balaban J connectivity index is 2.02. The lowest BCUT2D eigenvalue weighted by Gasteiger charge is -2.22. The van der Waals surface area contributed by atoms with E-state index in [9.17, 15) is 13.2 Å². The second kappa shape index (κ2) is 8.91. The Morgan fingerprint density at radius 1 is 1.12 bits per heavy atom. The number of anilines is 1. The molecule has 6 nitrogen and oxygen atoms in total. The number of rotatable bonds is 8. The van der Waals surface area contributed by atoms with E-state index in [1.54, 1.807) is 36.4 Å². The number of carbonyl (C=O) groups excluding carboxylic acids is 1. The summed E-state index contributed by atoms with van der Waals surface area (Å²) in [6.45, 7) is 2.16. The topological polar surface area (TPSA) is 75.7 Å². The summed E-state index contributed by atoms with van der Waals surface area (Å²) in [7, 11) is -3.46. The van der Waals surface area contributed by atoms with Crippen molar-refractivity contribution in [2.75, 3.05) is 23.7 Å². The van der Waals surface area contributed by atoms with Crippen LogP contribution in [0, 0.1) is 0 Å². The van der Waals surface area contributed by atoms with Crippen LogP contribution in [0.25, 0.3) is 0 Å². The molecule has 0 radical (unpaired) electrons. The molecular weight excluding hydrogens is 376 g/mol. The Labute approximate surface area is 158 Å². The van der Waals surface area contributed by atoms with Crippen LogP contribution in [0.5, 0.6) is 5.75 Å². The molecule has 0 spiro atoms. The number of carbonyl (C=O) groups is 1. The second-order valence-electron chi connectivity index (χ2n) is 5.73. The van der Waals surface area contributed by atoms with Crippen LogP contribution in [0.15, 0.2) is 48.5 Å². The Morgan fingerprint density at radius 2 is 1.73 bits per heavy atom. The highest BCUT2D eigenvalue weighted by Gasteiger charge is 2.17. The summed E-state index contributed by atoms with van der Waals surface area (Å²) in [4.78, 5) is 11.0. The number of ether oxygens (including phenoxy) is 1. The molecular formula is C18H21ClN2O4S. The molecule has 0 saturated heterocycles. The number of benzene rings is 2. The molecule has 0 aliphatic heterocycles. The summed E-state index contributed by atoms with van der Waals surface area (Å²) in [5, 5.41) is 3.26. The number of nitrogens with one attached hydrogen (secondary N) is 1. The molecule has 2 aromatic rings. The van der Waals surface area contributed by atoms with Crippen molar-refractivity contribution in [2.24, 2.45) is 0 Å². The van der Waals surface area contributed by atoms with E-state index in [0.717, 1.165) is 11.8 Å². The van der Waals surface area contributed by atoms with Gasteiger partial charge >= 0.3 is 0 Å². The maximum Gasteiger partial charge on any atom is 0.232 e. The van der Waals surface area contributed by atoms with E-state index in [2.05, 4.69) is 5.32 Å². The molecule has 8 heteroatoms. The van der Waals surface area contributed by atoms with Gasteiger partial charge in [-0.1, -0.05) is 23.7 Å². The largest absolute Gasteiger partial charge is 0.489 e. The average molecular weight is 397 g/mol. The Hall–Kier alpha value is -2.25. The van der Waals surface area contributed by atoms with Gasteiger partial charge in [0.25, 0.3) is 0 Å². The zero-order valence-electron chi connectivity index (χ0n) is 14.6. The summed E-state index contributed by atoms with van der Waals surface area (Å²) >= 11 is 5.85. The van der Waals surface area contributed by atoms with Gasteiger partial charge in [0.15, 0.2) is 0 Å². The van der Waals surface area contributed by atoms with Crippen LogP contribution in [-0.2, 0) is 21.4 Å².